The molecular weight excluding hydrogens is 235 g/mol. The summed E-state index contributed by atoms with van der Waals surface area (Å²) in [6.45, 7) is 0. The van der Waals surface area contributed by atoms with Crippen molar-refractivity contribution in [3.63, 3.8) is 0 Å². The Balaban J connectivity index is 2.03. The molecule has 18 heavy (non-hydrogen) atoms. The van der Waals surface area contributed by atoms with Crippen molar-refractivity contribution in [2.24, 2.45) is 0 Å². The number of rotatable bonds is 2. The predicted octanol–water partition coefficient (Wildman–Crippen LogP) is 3.18. The summed E-state index contributed by atoms with van der Waals surface area (Å²) in [5.41, 5.74) is 0.620. The molecule has 0 spiro atoms. The number of para-hydroxylation sites is 2. The van der Waals surface area contributed by atoms with Crippen LogP contribution in [0.2, 0.25) is 0 Å². The molecule has 5 heteroatoms. The number of aromatic hydroxyl groups is 1. The van der Waals surface area contributed by atoms with Crippen molar-refractivity contribution in [3.8, 4) is 5.75 Å². The van der Waals surface area contributed by atoms with Crippen molar-refractivity contribution in [2.75, 3.05) is 10.6 Å². The molecule has 4 nitrogen and oxygen atoms in total. The van der Waals surface area contributed by atoms with Crippen molar-refractivity contribution in [3.05, 3.63) is 54.3 Å². The zero-order valence-electron chi connectivity index (χ0n) is 9.35. The summed E-state index contributed by atoms with van der Waals surface area (Å²) < 4.78 is 12.9. The van der Waals surface area contributed by atoms with Crippen LogP contribution in [0.15, 0.2) is 48.5 Å². The molecule has 0 unspecified atom stereocenters. The van der Waals surface area contributed by atoms with E-state index in [0.717, 1.165) is 0 Å². The molecule has 0 heterocycles. The van der Waals surface area contributed by atoms with E-state index in [-0.39, 0.29) is 11.4 Å². The van der Waals surface area contributed by atoms with Crippen molar-refractivity contribution in [1.82, 2.24) is 0 Å². The van der Waals surface area contributed by atoms with Crippen LogP contribution < -0.4 is 10.6 Å². The fourth-order valence-corrected chi connectivity index (χ4v) is 1.43. The molecule has 2 aromatic rings. The Labute approximate surface area is 103 Å². The molecule has 0 saturated heterocycles. The van der Waals surface area contributed by atoms with E-state index in [2.05, 4.69) is 10.6 Å². The summed E-state index contributed by atoms with van der Waals surface area (Å²) in [4.78, 5) is 11.6. The second-order valence-corrected chi connectivity index (χ2v) is 3.61. The molecule has 0 aliphatic carbocycles. The van der Waals surface area contributed by atoms with Crippen LogP contribution in [0.3, 0.4) is 0 Å². The van der Waals surface area contributed by atoms with Crippen LogP contribution in [0.1, 0.15) is 0 Å². The molecule has 0 atom stereocenters. The highest BCUT2D eigenvalue weighted by Crippen LogP contribution is 2.21. The Morgan fingerprint density at radius 2 is 1.83 bits per heavy atom. The summed E-state index contributed by atoms with van der Waals surface area (Å²) in [5, 5.41) is 14.4. The molecule has 0 bridgehead atoms. The van der Waals surface area contributed by atoms with E-state index in [9.17, 15) is 14.3 Å². The molecule has 2 rings (SSSR count). The number of amides is 2. The van der Waals surface area contributed by atoms with Crippen LogP contribution in [0.4, 0.5) is 20.6 Å². The molecule has 0 fully saturated rings. The molecule has 92 valence electrons. The largest absolute Gasteiger partial charge is 0.506 e. The lowest BCUT2D eigenvalue weighted by atomic mass is 10.3. The van der Waals surface area contributed by atoms with Gasteiger partial charge in [0, 0.05) is 5.69 Å². The fourth-order valence-electron chi connectivity index (χ4n) is 1.43. The van der Waals surface area contributed by atoms with Crippen molar-refractivity contribution >= 4 is 17.4 Å². The summed E-state index contributed by atoms with van der Waals surface area (Å²) in [6, 6.07) is 11.3. The smallest absolute Gasteiger partial charge is 0.323 e. The van der Waals surface area contributed by atoms with Gasteiger partial charge in [0.15, 0.2) is 0 Å². The van der Waals surface area contributed by atoms with Gasteiger partial charge in [-0.05, 0) is 30.3 Å². The topological polar surface area (TPSA) is 61.4 Å². The molecular formula is C13H11FN2O2. The first kappa shape index (κ1) is 11.9. The Morgan fingerprint density at radius 3 is 2.56 bits per heavy atom. The van der Waals surface area contributed by atoms with Crippen LogP contribution >= 0.6 is 0 Å². The Hall–Kier alpha value is -2.56. The minimum atomic E-state index is -0.554. The first-order valence-electron chi connectivity index (χ1n) is 5.27. The highest BCUT2D eigenvalue weighted by Gasteiger charge is 2.05. The summed E-state index contributed by atoms with van der Waals surface area (Å²) in [6.07, 6.45) is 0. The molecule has 0 aliphatic rings. The number of hydrogen-bond donors (Lipinski definition) is 3. The maximum Gasteiger partial charge on any atom is 0.323 e. The summed E-state index contributed by atoms with van der Waals surface area (Å²) >= 11 is 0. The first-order chi connectivity index (χ1) is 8.65. The maximum absolute atomic E-state index is 12.9. The van der Waals surface area contributed by atoms with Crippen LogP contribution in [-0.4, -0.2) is 11.1 Å². The van der Waals surface area contributed by atoms with E-state index >= 15 is 0 Å². The first-order valence-corrected chi connectivity index (χ1v) is 5.27. The number of nitrogens with one attached hydrogen (secondary N) is 2. The average Bonchev–Trinajstić information content (AvgIpc) is 2.32. The predicted molar refractivity (Wildman–Crippen MR) is 67.1 cm³/mol. The number of benzene rings is 2. The number of halogens is 1. The van der Waals surface area contributed by atoms with Gasteiger partial charge in [0.25, 0.3) is 0 Å². The zero-order valence-corrected chi connectivity index (χ0v) is 9.35. The Kier molecular flexibility index (Phi) is 3.43. The zero-order chi connectivity index (χ0) is 13.0. The number of phenolic OH excluding ortho intramolecular Hbond substituents is 1. The van der Waals surface area contributed by atoms with Crippen molar-refractivity contribution < 1.29 is 14.3 Å². The lowest BCUT2D eigenvalue weighted by Crippen LogP contribution is -2.19. The van der Waals surface area contributed by atoms with E-state index in [4.69, 9.17) is 0 Å². The highest BCUT2D eigenvalue weighted by atomic mass is 19.1. The molecule has 2 amide bonds. The van der Waals surface area contributed by atoms with E-state index in [1.54, 1.807) is 24.3 Å². The van der Waals surface area contributed by atoms with Crippen molar-refractivity contribution in [2.45, 2.75) is 0 Å². The van der Waals surface area contributed by atoms with Gasteiger partial charge >= 0.3 is 6.03 Å². The Morgan fingerprint density at radius 1 is 1.06 bits per heavy atom. The number of phenols is 1. The lowest BCUT2D eigenvalue weighted by molar-refractivity contribution is 0.262. The van der Waals surface area contributed by atoms with Gasteiger partial charge in [0.1, 0.15) is 11.6 Å². The highest BCUT2D eigenvalue weighted by molar-refractivity contribution is 6.00. The van der Waals surface area contributed by atoms with E-state index < -0.39 is 11.8 Å². The molecule has 0 saturated carbocycles. The quantitative estimate of drug-likeness (QED) is 0.713. The number of carbonyl (C=O) groups is 1. The standard InChI is InChI=1S/C13H11FN2O2/c14-9-4-3-5-10(8-9)15-13(18)16-11-6-1-2-7-12(11)17/h1-8,17H,(H2,15,16,18). The van der Waals surface area contributed by atoms with Gasteiger partial charge in [-0.25, -0.2) is 9.18 Å². The summed E-state index contributed by atoms with van der Waals surface area (Å²) in [5.74, 6) is -0.470. The normalized spacial score (nSPS) is 9.83. The minimum absolute atomic E-state index is 0.0353. The molecule has 0 aliphatic heterocycles. The van der Waals surface area contributed by atoms with Crippen LogP contribution in [0.5, 0.6) is 5.75 Å². The minimum Gasteiger partial charge on any atom is -0.506 e. The van der Waals surface area contributed by atoms with Gasteiger partial charge in [0.2, 0.25) is 0 Å². The van der Waals surface area contributed by atoms with Gasteiger partial charge < -0.3 is 15.7 Å². The maximum atomic E-state index is 12.9. The number of hydrogen-bond acceptors (Lipinski definition) is 2. The molecule has 0 radical (unpaired) electrons. The fraction of sp³-hybridized carbons (Fsp3) is 0. The second kappa shape index (κ2) is 5.18. The molecule has 3 N–H and O–H groups in total. The van der Waals surface area contributed by atoms with Gasteiger partial charge in [-0.2, -0.15) is 0 Å². The van der Waals surface area contributed by atoms with Crippen LogP contribution in [-0.2, 0) is 0 Å². The van der Waals surface area contributed by atoms with E-state index in [0.29, 0.717) is 5.69 Å². The third-order valence-electron chi connectivity index (χ3n) is 2.23. The monoisotopic (exact) mass is 246 g/mol. The second-order valence-electron chi connectivity index (χ2n) is 3.61. The number of anilines is 2. The van der Waals surface area contributed by atoms with E-state index in [1.807, 2.05) is 0 Å². The van der Waals surface area contributed by atoms with Gasteiger partial charge in [-0.1, -0.05) is 18.2 Å². The number of carbonyl (C=O) groups excluding carboxylic acids is 1. The van der Waals surface area contributed by atoms with Gasteiger partial charge in [-0.15, -0.1) is 0 Å². The van der Waals surface area contributed by atoms with Gasteiger partial charge in [0.05, 0.1) is 5.69 Å². The molecule has 0 aromatic heterocycles. The molecule has 2 aromatic carbocycles. The third-order valence-corrected chi connectivity index (χ3v) is 2.23. The van der Waals surface area contributed by atoms with E-state index in [1.165, 1.54) is 24.3 Å². The third kappa shape index (κ3) is 2.98. The lowest BCUT2D eigenvalue weighted by Gasteiger charge is -2.08. The average molecular weight is 246 g/mol. The summed E-state index contributed by atoms with van der Waals surface area (Å²) in [7, 11) is 0. The van der Waals surface area contributed by atoms with Crippen LogP contribution in [0.25, 0.3) is 0 Å². The Bertz CT molecular complexity index is 572. The number of urea groups is 1. The van der Waals surface area contributed by atoms with Gasteiger partial charge in [-0.3, -0.25) is 0 Å². The van der Waals surface area contributed by atoms with Crippen LogP contribution in [0, 0.1) is 5.82 Å². The van der Waals surface area contributed by atoms with Crippen molar-refractivity contribution in [1.29, 1.82) is 0 Å². The SMILES string of the molecule is O=C(Nc1cccc(F)c1)Nc1ccccc1O.